The molecule has 0 heterocycles. The fourth-order valence-corrected chi connectivity index (χ4v) is 3.00. The number of rotatable bonds is 11. The van der Waals surface area contributed by atoms with Crippen LogP contribution in [-0.2, 0) is 14.9 Å². The molecule has 1 N–H and O–H groups in total. The molecule has 136 valence electrons. The van der Waals surface area contributed by atoms with Gasteiger partial charge in [0.1, 0.15) is 5.75 Å². The van der Waals surface area contributed by atoms with E-state index in [-0.39, 0.29) is 16.6 Å². The quantitative estimate of drug-likeness (QED) is 0.271. The highest BCUT2D eigenvalue weighted by atomic mass is 32.2. The maximum absolute atomic E-state index is 11.8. The van der Waals surface area contributed by atoms with Crippen LogP contribution in [0, 0.1) is 5.92 Å². The predicted octanol–water partition coefficient (Wildman–Crippen LogP) is 4.62. The highest BCUT2D eigenvalue weighted by Gasteiger charge is 2.11. The molecule has 0 amide bonds. The van der Waals surface area contributed by atoms with E-state index in [4.69, 9.17) is 9.29 Å². The molecule has 0 bridgehead atoms. The van der Waals surface area contributed by atoms with Crippen LogP contribution in [0.3, 0.4) is 0 Å². The second kappa shape index (κ2) is 10.5. The van der Waals surface area contributed by atoms with E-state index < -0.39 is 10.1 Å². The molecule has 0 aromatic heterocycles. The average molecular weight is 356 g/mol. The maximum atomic E-state index is 11.8. The molecule has 1 unspecified atom stereocenters. The van der Waals surface area contributed by atoms with Gasteiger partial charge in [-0.15, -0.1) is 0 Å². The normalized spacial score (nSPS) is 12.8. The fourth-order valence-electron chi connectivity index (χ4n) is 2.52. The van der Waals surface area contributed by atoms with Crippen LogP contribution in [0.25, 0.3) is 0 Å². The molecular formula is C18H28O5S. The SMILES string of the molecule is CCCCCCC(C)CCCC(=O)Oc1ccc(S(=O)(=O)O)cc1. The molecule has 0 radical (unpaired) electrons. The third kappa shape index (κ3) is 8.45. The van der Waals surface area contributed by atoms with Crippen molar-refractivity contribution in [2.24, 2.45) is 5.92 Å². The molecule has 1 aromatic carbocycles. The third-order valence-corrected chi connectivity index (χ3v) is 4.85. The highest BCUT2D eigenvalue weighted by Crippen LogP contribution is 2.19. The van der Waals surface area contributed by atoms with Crippen LogP contribution in [0.2, 0.25) is 0 Å². The van der Waals surface area contributed by atoms with Gasteiger partial charge in [0.25, 0.3) is 10.1 Å². The summed E-state index contributed by atoms with van der Waals surface area (Å²) in [6, 6.07) is 5.13. The van der Waals surface area contributed by atoms with Gasteiger partial charge in [0.15, 0.2) is 0 Å². The fraction of sp³-hybridized carbons (Fsp3) is 0.611. The van der Waals surface area contributed by atoms with Crippen LogP contribution in [0.4, 0.5) is 0 Å². The zero-order valence-corrected chi connectivity index (χ0v) is 15.3. The van der Waals surface area contributed by atoms with Crippen molar-refractivity contribution in [3.63, 3.8) is 0 Å². The van der Waals surface area contributed by atoms with Gasteiger partial charge in [-0.1, -0.05) is 52.4 Å². The molecule has 0 aliphatic rings. The lowest BCUT2D eigenvalue weighted by atomic mass is 9.97. The molecule has 0 saturated heterocycles. The van der Waals surface area contributed by atoms with Crippen molar-refractivity contribution < 1.29 is 22.5 Å². The van der Waals surface area contributed by atoms with Crippen LogP contribution in [0.5, 0.6) is 5.75 Å². The van der Waals surface area contributed by atoms with E-state index >= 15 is 0 Å². The van der Waals surface area contributed by atoms with Gasteiger partial charge in [-0.05, 0) is 36.6 Å². The first-order valence-corrected chi connectivity index (χ1v) is 10.0. The standard InChI is InChI=1S/C18H28O5S/c1-3-4-5-6-8-15(2)9-7-10-18(19)23-16-11-13-17(14-12-16)24(20,21)22/h11-15H,3-10H2,1-2H3,(H,20,21,22). The lowest BCUT2D eigenvalue weighted by Crippen LogP contribution is -2.08. The van der Waals surface area contributed by atoms with Crippen molar-refractivity contribution in [2.45, 2.75) is 70.1 Å². The minimum Gasteiger partial charge on any atom is -0.427 e. The number of esters is 1. The predicted molar refractivity (Wildman–Crippen MR) is 93.7 cm³/mol. The zero-order valence-electron chi connectivity index (χ0n) is 14.5. The summed E-state index contributed by atoms with van der Waals surface area (Å²) < 4.78 is 35.9. The van der Waals surface area contributed by atoms with Gasteiger partial charge in [0.2, 0.25) is 0 Å². The van der Waals surface area contributed by atoms with Crippen LogP contribution < -0.4 is 4.74 Å². The summed E-state index contributed by atoms with van der Waals surface area (Å²) in [6.07, 6.45) is 8.40. The van der Waals surface area contributed by atoms with Gasteiger partial charge in [-0.3, -0.25) is 9.35 Å². The Morgan fingerprint density at radius 1 is 1.08 bits per heavy atom. The van der Waals surface area contributed by atoms with Crippen molar-refractivity contribution in [3.8, 4) is 5.75 Å². The highest BCUT2D eigenvalue weighted by molar-refractivity contribution is 7.85. The molecule has 0 aliphatic carbocycles. The van der Waals surface area contributed by atoms with Crippen molar-refractivity contribution in [1.82, 2.24) is 0 Å². The summed E-state index contributed by atoms with van der Waals surface area (Å²) in [7, 11) is -4.22. The molecule has 1 aromatic rings. The van der Waals surface area contributed by atoms with Crippen molar-refractivity contribution >= 4 is 16.1 Å². The van der Waals surface area contributed by atoms with Crippen molar-refractivity contribution in [3.05, 3.63) is 24.3 Å². The first-order chi connectivity index (χ1) is 11.3. The Morgan fingerprint density at radius 3 is 2.29 bits per heavy atom. The number of ether oxygens (including phenoxy) is 1. The zero-order chi connectivity index (χ0) is 18.0. The molecule has 5 nitrogen and oxygen atoms in total. The van der Waals surface area contributed by atoms with E-state index in [2.05, 4.69) is 13.8 Å². The van der Waals surface area contributed by atoms with E-state index in [0.717, 1.165) is 12.8 Å². The number of hydrogen-bond acceptors (Lipinski definition) is 4. The van der Waals surface area contributed by atoms with Crippen LogP contribution in [0.15, 0.2) is 29.2 Å². The Morgan fingerprint density at radius 2 is 1.71 bits per heavy atom. The number of hydrogen-bond donors (Lipinski definition) is 1. The Labute approximate surface area is 145 Å². The van der Waals surface area contributed by atoms with Crippen LogP contribution >= 0.6 is 0 Å². The summed E-state index contributed by atoms with van der Waals surface area (Å²) >= 11 is 0. The van der Waals surface area contributed by atoms with Crippen LogP contribution in [-0.4, -0.2) is 18.9 Å². The van der Waals surface area contributed by atoms with E-state index in [9.17, 15) is 13.2 Å². The summed E-state index contributed by atoms with van der Waals surface area (Å²) in [6.45, 7) is 4.41. The van der Waals surface area contributed by atoms with E-state index in [1.165, 1.54) is 56.4 Å². The monoisotopic (exact) mass is 356 g/mol. The third-order valence-electron chi connectivity index (χ3n) is 3.98. The lowest BCUT2D eigenvalue weighted by molar-refractivity contribution is -0.134. The minimum absolute atomic E-state index is 0.223. The van der Waals surface area contributed by atoms with Gasteiger partial charge in [0, 0.05) is 6.42 Å². The van der Waals surface area contributed by atoms with E-state index in [1.807, 2.05) is 0 Å². The molecule has 1 atom stereocenters. The first kappa shape index (κ1) is 20.6. The Hall–Kier alpha value is -1.40. The summed E-state index contributed by atoms with van der Waals surface area (Å²) in [5.74, 6) is 0.566. The summed E-state index contributed by atoms with van der Waals surface area (Å²) in [5.41, 5.74) is 0. The first-order valence-electron chi connectivity index (χ1n) is 8.61. The van der Waals surface area contributed by atoms with Crippen molar-refractivity contribution in [2.75, 3.05) is 0 Å². The lowest BCUT2D eigenvalue weighted by Gasteiger charge is -2.10. The molecule has 0 fully saturated rings. The molecule has 0 saturated carbocycles. The smallest absolute Gasteiger partial charge is 0.311 e. The summed E-state index contributed by atoms with van der Waals surface area (Å²) in [5, 5.41) is 0. The van der Waals surface area contributed by atoms with Gasteiger partial charge in [-0.2, -0.15) is 8.42 Å². The Balaban J connectivity index is 2.26. The molecule has 1 rings (SSSR count). The largest absolute Gasteiger partial charge is 0.427 e. The second-order valence-corrected chi connectivity index (χ2v) is 7.69. The van der Waals surface area contributed by atoms with Gasteiger partial charge >= 0.3 is 5.97 Å². The molecule has 0 spiro atoms. The summed E-state index contributed by atoms with van der Waals surface area (Å²) in [4.78, 5) is 11.6. The molecule has 24 heavy (non-hydrogen) atoms. The average Bonchev–Trinajstić information content (AvgIpc) is 2.51. The number of carbonyl (C=O) groups excluding carboxylic acids is 1. The van der Waals surface area contributed by atoms with Gasteiger partial charge in [0.05, 0.1) is 4.90 Å². The van der Waals surface area contributed by atoms with E-state index in [1.54, 1.807) is 0 Å². The Bertz CT molecular complexity index is 592. The van der Waals surface area contributed by atoms with Gasteiger partial charge in [-0.25, -0.2) is 0 Å². The number of benzene rings is 1. The van der Waals surface area contributed by atoms with Crippen molar-refractivity contribution in [1.29, 1.82) is 0 Å². The molecule has 6 heteroatoms. The number of unbranched alkanes of at least 4 members (excludes halogenated alkanes) is 3. The van der Waals surface area contributed by atoms with Crippen LogP contribution in [0.1, 0.15) is 65.2 Å². The van der Waals surface area contributed by atoms with Gasteiger partial charge < -0.3 is 4.74 Å². The second-order valence-electron chi connectivity index (χ2n) is 6.27. The molecular weight excluding hydrogens is 328 g/mol. The van der Waals surface area contributed by atoms with E-state index in [0.29, 0.717) is 12.3 Å². The molecule has 0 aliphatic heterocycles. The minimum atomic E-state index is -4.22. The Kier molecular flexibility index (Phi) is 9.00. The maximum Gasteiger partial charge on any atom is 0.311 e. The number of carbonyl (C=O) groups is 1. The topological polar surface area (TPSA) is 80.7 Å².